The number of halogens is 2. The van der Waals surface area contributed by atoms with E-state index in [1.807, 2.05) is 0 Å². The molecule has 0 saturated carbocycles. The minimum Gasteiger partial charge on any atom is -0.294 e. The lowest BCUT2D eigenvalue weighted by atomic mass is 10.1. The Hall–Kier alpha value is -1.49. The molecule has 5 heteroatoms. The fraction of sp³-hybridized carbons (Fsp3) is 0.167. The Bertz CT molecular complexity index is 565. The van der Waals surface area contributed by atoms with Gasteiger partial charge in [-0.2, -0.15) is 5.10 Å². The Morgan fingerprint density at radius 1 is 1.53 bits per heavy atom. The van der Waals surface area contributed by atoms with Crippen LogP contribution < -0.4 is 0 Å². The number of Topliss-reactive ketones (excluding diaryl/α,β-unsaturated/α-hetero) is 1. The van der Waals surface area contributed by atoms with Crippen LogP contribution in [0.4, 0.5) is 4.39 Å². The molecule has 0 aliphatic rings. The highest BCUT2D eigenvalue weighted by molar-refractivity contribution is 9.10. The molecular formula is C12H10BrFN2O. The summed E-state index contributed by atoms with van der Waals surface area (Å²) in [4.78, 5) is 11.9. The predicted molar refractivity (Wildman–Crippen MR) is 65.3 cm³/mol. The Morgan fingerprint density at radius 2 is 2.29 bits per heavy atom. The average Bonchev–Trinajstić information content (AvgIpc) is 2.70. The maximum absolute atomic E-state index is 13.5. The normalized spacial score (nSPS) is 10.5. The van der Waals surface area contributed by atoms with Crippen molar-refractivity contribution in [1.29, 1.82) is 0 Å². The predicted octanol–water partition coefficient (Wildman–Crippen LogP) is 2.75. The van der Waals surface area contributed by atoms with Gasteiger partial charge in [-0.25, -0.2) is 4.39 Å². The van der Waals surface area contributed by atoms with Crippen LogP contribution in [-0.2, 0) is 13.5 Å². The van der Waals surface area contributed by atoms with Gasteiger partial charge in [0.05, 0.1) is 11.8 Å². The minimum atomic E-state index is -0.370. The highest BCUT2D eigenvalue weighted by atomic mass is 79.9. The number of carbonyl (C=O) groups excluding carboxylic acids is 1. The van der Waals surface area contributed by atoms with Crippen molar-refractivity contribution in [1.82, 2.24) is 9.78 Å². The van der Waals surface area contributed by atoms with Gasteiger partial charge >= 0.3 is 0 Å². The van der Waals surface area contributed by atoms with Crippen molar-refractivity contribution < 1.29 is 9.18 Å². The van der Waals surface area contributed by atoms with E-state index in [1.165, 1.54) is 12.3 Å². The summed E-state index contributed by atoms with van der Waals surface area (Å²) in [7, 11) is 1.73. The molecule has 0 bridgehead atoms. The van der Waals surface area contributed by atoms with Gasteiger partial charge in [-0.05, 0) is 23.8 Å². The number of rotatable bonds is 3. The number of hydrogen-bond donors (Lipinski definition) is 0. The Labute approximate surface area is 106 Å². The smallest absolute Gasteiger partial charge is 0.170 e. The van der Waals surface area contributed by atoms with Gasteiger partial charge in [0.15, 0.2) is 5.78 Å². The average molecular weight is 297 g/mol. The monoisotopic (exact) mass is 296 g/mol. The second-order valence-corrected chi connectivity index (χ2v) is 4.65. The Kier molecular flexibility index (Phi) is 3.38. The van der Waals surface area contributed by atoms with E-state index in [0.29, 0.717) is 11.1 Å². The van der Waals surface area contributed by atoms with Crippen LogP contribution in [0.5, 0.6) is 0 Å². The molecule has 0 aliphatic carbocycles. The molecule has 0 aliphatic heterocycles. The summed E-state index contributed by atoms with van der Waals surface area (Å²) >= 11 is 3.25. The molecule has 1 aromatic carbocycles. The number of ketones is 1. The molecule has 2 aromatic rings. The second kappa shape index (κ2) is 4.79. The van der Waals surface area contributed by atoms with Crippen LogP contribution in [0.1, 0.15) is 15.9 Å². The zero-order valence-corrected chi connectivity index (χ0v) is 10.7. The number of aryl methyl sites for hydroxylation is 1. The zero-order valence-electron chi connectivity index (χ0n) is 9.15. The molecule has 0 saturated heterocycles. The van der Waals surface area contributed by atoms with E-state index in [1.54, 1.807) is 30.1 Å². The van der Waals surface area contributed by atoms with Gasteiger partial charge in [0.25, 0.3) is 0 Å². The molecule has 0 atom stereocenters. The van der Waals surface area contributed by atoms with Gasteiger partial charge in [-0.15, -0.1) is 0 Å². The van der Waals surface area contributed by atoms with Crippen LogP contribution in [0.2, 0.25) is 0 Å². The standard InChI is InChI=1S/C12H10BrFN2O/c1-16-7-9(6-15-16)12(17)5-8-4-10(13)2-3-11(8)14/h2-4,6-7H,5H2,1H3. The highest BCUT2D eigenvalue weighted by Gasteiger charge is 2.12. The third-order valence-electron chi connectivity index (χ3n) is 2.39. The van der Waals surface area contributed by atoms with Crippen molar-refractivity contribution in [3.63, 3.8) is 0 Å². The summed E-state index contributed by atoms with van der Waals surface area (Å²) in [5.74, 6) is -0.513. The quantitative estimate of drug-likeness (QED) is 0.817. The van der Waals surface area contributed by atoms with Crippen molar-refractivity contribution in [2.45, 2.75) is 6.42 Å². The largest absolute Gasteiger partial charge is 0.294 e. The van der Waals surface area contributed by atoms with E-state index in [2.05, 4.69) is 21.0 Å². The van der Waals surface area contributed by atoms with Crippen molar-refractivity contribution in [3.05, 3.63) is 52.0 Å². The lowest BCUT2D eigenvalue weighted by Crippen LogP contribution is -2.04. The topological polar surface area (TPSA) is 34.9 Å². The molecule has 0 fully saturated rings. The van der Waals surface area contributed by atoms with Crippen LogP contribution in [0.15, 0.2) is 35.1 Å². The first kappa shape index (κ1) is 12.0. The van der Waals surface area contributed by atoms with Crippen LogP contribution in [-0.4, -0.2) is 15.6 Å². The molecule has 1 heterocycles. The second-order valence-electron chi connectivity index (χ2n) is 3.74. The lowest BCUT2D eigenvalue weighted by Gasteiger charge is -2.02. The SMILES string of the molecule is Cn1cc(C(=O)Cc2cc(Br)ccc2F)cn1. The van der Waals surface area contributed by atoms with Gasteiger partial charge in [0.1, 0.15) is 5.82 Å². The number of hydrogen-bond acceptors (Lipinski definition) is 2. The molecule has 88 valence electrons. The summed E-state index contributed by atoms with van der Waals surface area (Å²) < 4.78 is 15.8. The van der Waals surface area contributed by atoms with E-state index in [-0.39, 0.29) is 18.0 Å². The third-order valence-corrected chi connectivity index (χ3v) is 2.88. The highest BCUT2D eigenvalue weighted by Crippen LogP contribution is 2.17. The number of nitrogens with zero attached hydrogens (tertiary/aromatic N) is 2. The third kappa shape index (κ3) is 2.79. The van der Waals surface area contributed by atoms with Crippen molar-refractivity contribution in [2.24, 2.45) is 7.05 Å². The minimum absolute atomic E-state index is 0.0387. The summed E-state index contributed by atoms with van der Waals surface area (Å²) in [5.41, 5.74) is 0.875. The van der Waals surface area contributed by atoms with E-state index in [9.17, 15) is 9.18 Å². The number of carbonyl (C=O) groups is 1. The fourth-order valence-corrected chi connectivity index (χ4v) is 1.93. The first-order valence-electron chi connectivity index (χ1n) is 5.02. The molecule has 2 rings (SSSR count). The van der Waals surface area contributed by atoms with Gasteiger partial charge in [0, 0.05) is 24.1 Å². The van der Waals surface area contributed by atoms with Crippen LogP contribution in [0.3, 0.4) is 0 Å². The molecule has 17 heavy (non-hydrogen) atoms. The molecule has 1 aromatic heterocycles. The van der Waals surface area contributed by atoms with Gasteiger partial charge < -0.3 is 0 Å². The lowest BCUT2D eigenvalue weighted by molar-refractivity contribution is 0.0991. The fourth-order valence-electron chi connectivity index (χ4n) is 1.52. The molecule has 3 nitrogen and oxygen atoms in total. The molecule has 0 N–H and O–H groups in total. The van der Waals surface area contributed by atoms with E-state index in [4.69, 9.17) is 0 Å². The summed E-state index contributed by atoms with van der Waals surface area (Å²) in [6.07, 6.45) is 3.15. The summed E-state index contributed by atoms with van der Waals surface area (Å²) in [5, 5.41) is 3.91. The van der Waals surface area contributed by atoms with Crippen molar-refractivity contribution in [3.8, 4) is 0 Å². The van der Waals surface area contributed by atoms with Gasteiger partial charge in [-0.1, -0.05) is 15.9 Å². The van der Waals surface area contributed by atoms with Gasteiger partial charge in [-0.3, -0.25) is 9.48 Å². The van der Waals surface area contributed by atoms with E-state index < -0.39 is 0 Å². The first-order chi connectivity index (χ1) is 8.06. The molecular weight excluding hydrogens is 287 g/mol. The van der Waals surface area contributed by atoms with E-state index in [0.717, 1.165) is 4.47 Å². The number of aromatic nitrogens is 2. The van der Waals surface area contributed by atoms with Crippen LogP contribution >= 0.6 is 15.9 Å². The summed E-state index contributed by atoms with van der Waals surface area (Å²) in [6, 6.07) is 4.56. The Balaban J connectivity index is 2.21. The Morgan fingerprint density at radius 3 is 2.94 bits per heavy atom. The zero-order chi connectivity index (χ0) is 12.4. The summed E-state index contributed by atoms with van der Waals surface area (Å²) in [6.45, 7) is 0. The van der Waals surface area contributed by atoms with Crippen molar-refractivity contribution in [2.75, 3.05) is 0 Å². The van der Waals surface area contributed by atoms with Crippen LogP contribution in [0, 0.1) is 5.82 Å². The maximum atomic E-state index is 13.5. The van der Waals surface area contributed by atoms with E-state index >= 15 is 0 Å². The van der Waals surface area contributed by atoms with Gasteiger partial charge in [0.2, 0.25) is 0 Å². The molecule has 0 amide bonds. The number of benzene rings is 1. The maximum Gasteiger partial charge on any atom is 0.170 e. The van der Waals surface area contributed by atoms with Crippen molar-refractivity contribution >= 4 is 21.7 Å². The molecule has 0 unspecified atom stereocenters. The molecule has 0 radical (unpaired) electrons. The van der Waals surface area contributed by atoms with Crippen LogP contribution in [0.25, 0.3) is 0 Å². The molecule has 0 spiro atoms. The first-order valence-corrected chi connectivity index (χ1v) is 5.81.